The molecule has 2 rings (SSSR count). The Balaban J connectivity index is 2.11. The standard InChI is InChI=1S/C10H12F2N2O2S/c1-6-13-7(4-17-6)3-14-5-10(11,12)2-8(14)9(15)16/h4,8H,2-3,5H2,1H3,(H,15,16)/t8-/m1/s1. The lowest BCUT2D eigenvalue weighted by atomic mass is 10.2. The molecule has 4 nitrogen and oxygen atoms in total. The smallest absolute Gasteiger partial charge is 0.321 e. The number of thiazole rings is 1. The van der Waals surface area contributed by atoms with Crippen LogP contribution in [-0.2, 0) is 11.3 Å². The van der Waals surface area contributed by atoms with Gasteiger partial charge in [0.05, 0.1) is 17.2 Å². The number of halogens is 2. The quantitative estimate of drug-likeness (QED) is 0.901. The number of aromatic nitrogens is 1. The van der Waals surface area contributed by atoms with Crippen molar-refractivity contribution in [3.05, 3.63) is 16.1 Å². The summed E-state index contributed by atoms with van der Waals surface area (Å²) in [7, 11) is 0. The molecular formula is C10H12F2N2O2S. The van der Waals surface area contributed by atoms with Gasteiger partial charge in [-0.3, -0.25) is 9.69 Å². The average molecular weight is 262 g/mol. The van der Waals surface area contributed by atoms with Gasteiger partial charge in [-0.1, -0.05) is 0 Å². The molecule has 1 aromatic rings. The summed E-state index contributed by atoms with van der Waals surface area (Å²) in [5.74, 6) is -4.12. The fourth-order valence-electron chi connectivity index (χ4n) is 1.98. The highest BCUT2D eigenvalue weighted by Crippen LogP contribution is 2.33. The molecule has 1 fully saturated rings. The largest absolute Gasteiger partial charge is 0.480 e. The van der Waals surface area contributed by atoms with E-state index in [-0.39, 0.29) is 6.54 Å². The highest BCUT2D eigenvalue weighted by molar-refractivity contribution is 7.09. The van der Waals surface area contributed by atoms with Gasteiger partial charge in [0.1, 0.15) is 6.04 Å². The Morgan fingerprint density at radius 3 is 3.00 bits per heavy atom. The monoisotopic (exact) mass is 262 g/mol. The van der Waals surface area contributed by atoms with E-state index in [2.05, 4.69) is 4.98 Å². The lowest BCUT2D eigenvalue weighted by molar-refractivity contribution is -0.142. The van der Waals surface area contributed by atoms with Crippen LogP contribution in [0, 0.1) is 6.92 Å². The normalized spacial score (nSPS) is 24.1. The summed E-state index contributed by atoms with van der Waals surface area (Å²) in [6.07, 6.45) is -0.620. The second kappa shape index (κ2) is 4.30. The lowest BCUT2D eigenvalue weighted by Crippen LogP contribution is -2.35. The van der Waals surface area contributed by atoms with E-state index >= 15 is 0 Å². The molecule has 0 bridgehead atoms. The van der Waals surface area contributed by atoms with E-state index in [1.807, 2.05) is 6.92 Å². The molecule has 0 amide bonds. The van der Waals surface area contributed by atoms with Gasteiger partial charge in [0, 0.05) is 18.3 Å². The second-order valence-corrected chi connectivity index (χ2v) is 5.24. The maximum Gasteiger partial charge on any atom is 0.321 e. The molecular weight excluding hydrogens is 250 g/mol. The first-order valence-electron chi connectivity index (χ1n) is 5.13. The zero-order valence-electron chi connectivity index (χ0n) is 9.19. The van der Waals surface area contributed by atoms with Crippen LogP contribution in [0.5, 0.6) is 0 Å². The van der Waals surface area contributed by atoms with Crippen LogP contribution in [0.3, 0.4) is 0 Å². The Bertz CT molecular complexity index is 436. The summed E-state index contributed by atoms with van der Waals surface area (Å²) >= 11 is 1.42. The third-order valence-corrected chi connectivity index (χ3v) is 3.51. The van der Waals surface area contributed by atoms with Crippen molar-refractivity contribution in [3.63, 3.8) is 0 Å². The van der Waals surface area contributed by atoms with Gasteiger partial charge in [-0.25, -0.2) is 13.8 Å². The molecule has 1 saturated heterocycles. The number of alkyl halides is 2. The fourth-order valence-corrected chi connectivity index (χ4v) is 2.59. The minimum atomic E-state index is -2.92. The van der Waals surface area contributed by atoms with Crippen molar-refractivity contribution in [2.45, 2.75) is 31.9 Å². The molecule has 17 heavy (non-hydrogen) atoms. The predicted octanol–water partition coefficient (Wildman–Crippen LogP) is 1.75. The van der Waals surface area contributed by atoms with Crippen molar-refractivity contribution in [1.29, 1.82) is 0 Å². The molecule has 7 heteroatoms. The summed E-state index contributed by atoms with van der Waals surface area (Å²) < 4.78 is 26.4. The van der Waals surface area contributed by atoms with Crippen molar-refractivity contribution in [1.82, 2.24) is 9.88 Å². The number of hydrogen-bond donors (Lipinski definition) is 1. The van der Waals surface area contributed by atoms with Crippen LogP contribution in [0.15, 0.2) is 5.38 Å². The summed E-state index contributed by atoms with van der Waals surface area (Å²) in [6, 6.07) is -1.12. The van der Waals surface area contributed by atoms with Crippen LogP contribution < -0.4 is 0 Å². The zero-order valence-corrected chi connectivity index (χ0v) is 10.0. The predicted molar refractivity (Wildman–Crippen MR) is 58.2 cm³/mol. The van der Waals surface area contributed by atoms with Gasteiger partial charge in [-0.15, -0.1) is 11.3 Å². The molecule has 2 heterocycles. The van der Waals surface area contributed by atoms with Crippen molar-refractivity contribution in [2.24, 2.45) is 0 Å². The molecule has 1 atom stereocenters. The first-order valence-corrected chi connectivity index (χ1v) is 6.01. The fraction of sp³-hybridized carbons (Fsp3) is 0.600. The first-order chi connectivity index (χ1) is 7.87. The number of nitrogens with zero attached hydrogens (tertiary/aromatic N) is 2. The summed E-state index contributed by atoms with van der Waals surface area (Å²) in [5.41, 5.74) is 0.649. The minimum absolute atomic E-state index is 0.164. The van der Waals surface area contributed by atoms with E-state index in [1.165, 1.54) is 16.2 Å². The van der Waals surface area contributed by atoms with Crippen LogP contribution >= 0.6 is 11.3 Å². The molecule has 1 aromatic heterocycles. The average Bonchev–Trinajstić information content (AvgIpc) is 2.71. The van der Waals surface area contributed by atoms with Crippen LogP contribution in [-0.4, -0.2) is 39.5 Å². The molecule has 1 aliphatic rings. The Kier molecular flexibility index (Phi) is 3.13. The van der Waals surface area contributed by atoms with Gasteiger partial charge >= 0.3 is 5.97 Å². The van der Waals surface area contributed by atoms with Crippen molar-refractivity contribution < 1.29 is 18.7 Å². The maximum atomic E-state index is 13.2. The molecule has 0 aliphatic carbocycles. The molecule has 0 saturated carbocycles. The summed E-state index contributed by atoms with van der Waals surface area (Å²) in [4.78, 5) is 16.3. The number of aryl methyl sites for hydroxylation is 1. The Morgan fingerprint density at radius 1 is 1.76 bits per heavy atom. The molecule has 1 N–H and O–H groups in total. The summed E-state index contributed by atoms with van der Waals surface area (Å²) in [5, 5.41) is 11.5. The number of aliphatic carboxylic acids is 1. The highest BCUT2D eigenvalue weighted by Gasteiger charge is 2.48. The van der Waals surface area contributed by atoms with Crippen LogP contribution in [0.25, 0.3) is 0 Å². The van der Waals surface area contributed by atoms with E-state index in [0.717, 1.165) is 5.01 Å². The van der Waals surface area contributed by atoms with Gasteiger partial charge in [-0.2, -0.15) is 0 Å². The van der Waals surface area contributed by atoms with Gasteiger partial charge in [0.25, 0.3) is 5.92 Å². The molecule has 0 unspecified atom stereocenters. The topological polar surface area (TPSA) is 53.4 Å². The second-order valence-electron chi connectivity index (χ2n) is 4.18. The van der Waals surface area contributed by atoms with E-state index in [1.54, 1.807) is 5.38 Å². The first kappa shape index (κ1) is 12.4. The Labute approximate surface area is 101 Å². The number of carboxylic acid groups (broad SMARTS) is 1. The Hall–Kier alpha value is -1.08. The third-order valence-electron chi connectivity index (χ3n) is 2.68. The van der Waals surface area contributed by atoms with Crippen LogP contribution in [0.4, 0.5) is 8.78 Å². The van der Waals surface area contributed by atoms with Crippen molar-refractivity contribution in [2.75, 3.05) is 6.54 Å². The van der Waals surface area contributed by atoms with Gasteiger partial charge < -0.3 is 5.11 Å². The van der Waals surface area contributed by atoms with E-state index in [4.69, 9.17) is 5.11 Å². The maximum absolute atomic E-state index is 13.2. The minimum Gasteiger partial charge on any atom is -0.480 e. The van der Waals surface area contributed by atoms with Gasteiger partial charge in [0.2, 0.25) is 0 Å². The lowest BCUT2D eigenvalue weighted by Gasteiger charge is -2.18. The van der Waals surface area contributed by atoms with Crippen molar-refractivity contribution in [3.8, 4) is 0 Å². The molecule has 0 spiro atoms. The number of rotatable bonds is 3. The number of carbonyl (C=O) groups is 1. The van der Waals surface area contributed by atoms with Gasteiger partial charge in [0.15, 0.2) is 0 Å². The SMILES string of the molecule is Cc1nc(CN2CC(F)(F)C[C@@H]2C(=O)O)cs1. The summed E-state index contributed by atoms with van der Waals surface area (Å²) in [6.45, 7) is 1.47. The number of likely N-dealkylation sites (tertiary alicyclic amines) is 1. The van der Waals surface area contributed by atoms with E-state index < -0.39 is 30.9 Å². The van der Waals surface area contributed by atoms with E-state index in [0.29, 0.717) is 5.69 Å². The van der Waals surface area contributed by atoms with E-state index in [9.17, 15) is 13.6 Å². The van der Waals surface area contributed by atoms with Crippen LogP contribution in [0.1, 0.15) is 17.1 Å². The molecule has 0 aromatic carbocycles. The highest BCUT2D eigenvalue weighted by atomic mass is 32.1. The Morgan fingerprint density at radius 2 is 2.47 bits per heavy atom. The van der Waals surface area contributed by atoms with Gasteiger partial charge in [-0.05, 0) is 6.92 Å². The zero-order chi connectivity index (χ0) is 12.6. The molecule has 0 radical (unpaired) electrons. The number of hydrogen-bond acceptors (Lipinski definition) is 4. The molecule has 94 valence electrons. The van der Waals surface area contributed by atoms with Crippen LogP contribution in [0.2, 0.25) is 0 Å². The molecule has 1 aliphatic heterocycles. The number of carboxylic acids is 1. The van der Waals surface area contributed by atoms with Crippen molar-refractivity contribution >= 4 is 17.3 Å². The third kappa shape index (κ3) is 2.78.